The van der Waals surface area contributed by atoms with Gasteiger partial charge >= 0.3 is 0 Å². The van der Waals surface area contributed by atoms with Gasteiger partial charge in [0.1, 0.15) is 0 Å². The van der Waals surface area contributed by atoms with Gasteiger partial charge in [-0.15, -0.1) is 0 Å². The molecule has 0 radical (unpaired) electrons. The van der Waals surface area contributed by atoms with Crippen LogP contribution in [0.1, 0.15) is 60.0 Å². The Kier molecular flexibility index (Phi) is 4.29. The molecular weight excluding hydrogens is 304 g/mol. The molecule has 6 nitrogen and oxygen atoms in total. The van der Waals surface area contributed by atoms with E-state index in [0.29, 0.717) is 22.4 Å². The van der Waals surface area contributed by atoms with Crippen molar-refractivity contribution in [1.82, 2.24) is 20.4 Å². The van der Waals surface area contributed by atoms with Crippen molar-refractivity contribution in [3.63, 3.8) is 0 Å². The minimum absolute atomic E-state index is 0.133. The lowest BCUT2D eigenvalue weighted by Crippen LogP contribution is -2.27. The molecule has 1 N–H and O–H groups in total. The molecule has 0 aliphatic rings. The van der Waals surface area contributed by atoms with Gasteiger partial charge in [-0.1, -0.05) is 19.0 Å². The van der Waals surface area contributed by atoms with Crippen LogP contribution in [-0.2, 0) is 0 Å². The van der Waals surface area contributed by atoms with Crippen LogP contribution in [0.3, 0.4) is 0 Å². The van der Waals surface area contributed by atoms with Gasteiger partial charge in [-0.25, -0.2) is 4.98 Å². The Bertz CT molecular complexity index is 871. The van der Waals surface area contributed by atoms with E-state index >= 15 is 0 Å². The molecule has 0 bridgehead atoms. The Hall–Kier alpha value is -2.76. The molecule has 0 saturated heterocycles. The van der Waals surface area contributed by atoms with Crippen molar-refractivity contribution in [2.75, 3.05) is 0 Å². The van der Waals surface area contributed by atoms with Gasteiger partial charge in [-0.05, 0) is 43.5 Å². The van der Waals surface area contributed by atoms with Crippen LogP contribution in [0.25, 0.3) is 11.1 Å². The summed E-state index contributed by atoms with van der Waals surface area (Å²) in [4.78, 5) is 21.3. The molecule has 0 aliphatic carbocycles. The summed E-state index contributed by atoms with van der Waals surface area (Å²) in [7, 11) is 0. The quantitative estimate of drug-likeness (QED) is 0.794. The summed E-state index contributed by atoms with van der Waals surface area (Å²) in [5.74, 6) is 0.0175. The molecule has 3 aromatic heterocycles. The monoisotopic (exact) mass is 324 g/mol. The van der Waals surface area contributed by atoms with Crippen molar-refractivity contribution in [1.29, 1.82) is 0 Å². The number of aryl methyl sites for hydroxylation is 1. The highest BCUT2D eigenvalue weighted by Gasteiger charge is 2.21. The predicted molar refractivity (Wildman–Crippen MR) is 90.7 cm³/mol. The first-order chi connectivity index (χ1) is 11.5. The number of hydrogen-bond acceptors (Lipinski definition) is 5. The van der Waals surface area contributed by atoms with E-state index in [1.54, 1.807) is 12.4 Å². The predicted octanol–water partition coefficient (Wildman–Crippen LogP) is 3.54. The third-order valence-corrected chi connectivity index (χ3v) is 4.03. The van der Waals surface area contributed by atoms with Gasteiger partial charge in [0.25, 0.3) is 11.6 Å². The van der Waals surface area contributed by atoms with E-state index in [4.69, 9.17) is 4.52 Å². The largest absolute Gasteiger partial charge is 0.345 e. The Morgan fingerprint density at radius 1 is 1.21 bits per heavy atom. The summed E-state index contributed by atoms with van der Waals surface area (Å²) in [6.07, 6.45) is 3.42. The van der Waals surface area contributed by atoms with Crippen LogP contribution in [0.15, 0.2) is 35.1 Å². The molecule has 0 saturated carbocycles. The van der Waals surface area contributed by atoms with Crippen LogP contribution in [0, 0.1) is 6.92 Å². The molecule has 0 fully saturated rings. The molecule has 3 rings (SSSR count). The minimum atomic E-state index is -0.167. The number of nitrogens with zero attached hydrogens (tertiary/aromatic N) is 3. The second-order valence-electron chi connectivity index (χ2n) is 6.17. The second kappa shape index (κ2) is 6.39. The van der Waals surface area contributed by atoms with Crippen molar-refractivity contribution in [3.8, 4) is 0 Å². The van der Waals surface area contributed by atoms with E-state index < -0.39 is 0 Å². The van der Waals surface area contributed by atoms with Crippen molar-refractivity contribution in [3.05, 3.63) is 53.1 Å². The summed E-state index contributed by atoms with van der Waals surface area (Å²) in [6.45, 7) is 7.80. The van der Waals surface area contributed by atoms with Crippen molar-refractivity contribution in [2.45, 2.75) is 39.7 Å². The first-order valence-corrected chi connectivity index (χ1v) is 7.95. The molecule has 24 heavy (non-hydrogen) atoms. The SMILES string of the molecule is Cc1noc2nc(C(C)C)cc(C(=O)NC(C)c3ccncc3)c12. The number of pyridine rings is 2. The molecule has 1 unspecified atom stereocenters. The fraction of sp³-hybridized carbons (Fsp3) is 0.333. The van der Waals surface area contributed by atoms with Gasteiger partial charge in [0.15, 0.2) is 0 Å². The zero-order valence-corrected chi connectivity index (χ0v) is 14.2. The number of hydrogen-bond donors (Lipinski definition) is 1. The number of nitrogens with one attached hydrogen (secondary N) is 1. The topological polar surface area (TPSA) is 80.9 Å². The first kappa shape index (κ1) is 16.1. The Morgan fingerprint density at radius 2 is 1.92 bits per heavy atom. The number of aromatic nitrogens is 3. The van der Waals surface area contributed by atoms with Gasteiger partial charge < -0.3 is 9.84 Å². The van der Waals surface area contributed by atoms with E-state index in [9.17, 15) is 4.79 Å². The van der Waals surface area contributed by atoms with Gasteiger partial charge in [0.2, 0.25) is 0 Å². The number of carbonyl (C=O) groups is 1. The standard InChI is InChI=1S/C18H20N4O2/c1-10(2)15-9-14(16-12(4)22-24-18(16)21-15)17(23)20-11(3)13-5-7-19-8-6-13/h5-11H,1-4H3,(H,20,23). The van der Waals surface area contributed by atoms with Crippen LogP contribution in [-0.4, -0.2) is 21.0 Å². The lowest BCUT2D eigenvalue weighted by molar-refractivity contribution is 0.0941. The van der Waals surface area contributed by atoms with E-state index in [1.165, 1.54) is 0 Å². The summed E-state index contributed by atoms with van der Waals surface area (Å²) in [5.41, 5.74) is 3.41. The Labute approximate surface area is 140 Å². The maximum Gasteiger partial charge on any atom is 0.259 e. The second-order valence-corrected chi connectivity index (χ2v) is 6.17. The van der Waals surface area contributed by atoms with Crippen molar-refractivity contribution < 1.29 is 9.32 Å². The normalized spacial score (nSPS) is 12.5. The maximum absolute atomic E-state index is 12.8. The number of carbonyl (C=O) groups excluding carboxylic acids is 1. The van der Waals surface area contributed by atoms with Gasteiger partial charge in [0.05, 0.1) is 22.7 Å². The van der Waals surface area contributed by atoms with Crippen LogP contribution < -0.4 is 5.32 Å². The molecule has 6 heteroatoms. The van der Waals surface area contributed by atoms with Crippen LogP contribution in [0.2, 0.25) is 0 Å². The molecule has 3 aromatic rings. The van der Waals surface area contributed by atoms with Gasteiger partial charge in [-0.2, -0.15) is 0 Å². The molecular formula is C18H20N4O2. The summed E-state index contributed by atoms with van der Waals surface area (Å²) in [5, 5.41) is 7.64. The van der Waals surface area contributed by atoms with E-state index in [0.717, 1.165) is 11.3 Å². The zero-order chi connectivity index (χ0) is 17.3. The average Bonchev–Trinajstić information content (AvgIpc) is 2.96. The van der Waals surface area contributed by atoms with E-state index in [1.807, 2.05) is 45.9 Å². The third-order valence-electron chi connectivity index (χ3n) is 4.03. The van der Waals surface area contributed by atoms with Crippen molar-refractivity contribution >= 4 is 17.0 Å². The molecule has 124 valence electrons. The molecule has 0 aromatic carbocycles. The van der Waals surface area contributed by atoms with Gasteiger partial charge in [0, 0.05) is 18.1 Å². The molecule has 0 aliphatic heterocycles. The third kappa shape index (κ3) is 2.99. The van der Waals surface area contributed by atoms with Crippen LogP contribution in [0.4, 0.5) is 0 Å². The fourth-order valence-corrected chi connectivity index (χ4v) is 2.60. The number of rotatable bonds is 4. The number of amides is 1. The maximum atomic E-state index is 12.8. The molecule has 1 amide bonds. The minimum Gasteiger partial charge on any atom is -0.345 e. The summed E-state index contributed by atoms with van der Waals surface area (Å²) in [6, 6.07) is 5.46. The van der Waals surface area contributed by atoms with Crippen molar-refractivity contribution in [2.24, 2.45) is 0 Å². The van der Waals surface area contributed by atoms with Crippen LogP contribution in [0.5, 0.6) is 0 Å². The molecule has 0 spiro atoms. The summed E-state index contributed by atoms with van der Waals surface area (Å²) < 4.78 is 5.27. The highest BCUT2D eigenvalue weighted by molar-refractivity contribution is 6.06. The smallest absolute Gasteiger partial charge is 0.259 e. The van der Waals surface area contributed by atoms with E-state index in [-0.39, 0.29) is 17.9 Å². The molecule has 1 atom stereocenters. The van der Waals surface area contributed by atoms with Gasteiger partial charge in [-0.3, -0.25) is 9.78 Å². The zero-order valence-electron chi connectivity index (χ0n) is 14.2. The highest BCUT2D eigenvalue weighted by atomic mass is 16.5. The highest BCUT2D eigenvalue weighted by Crippen LogP contribution is 2.25. The van der Waals surface area contributed by atoms with Crippen LogP contribution >= 0.6 is 0 Å². The lowest BCUT2D eigenvalue weighted by Gasteiger charge is -2.15. The average molecular weight is 324 g/mol. The number of fused-ring (bicyclic) bond motifs is 1. The lowest BCUT2D eigenvalue weighted by atomic mass is 10.0. The fourth-order valence-electron chi connectivity index (χ4n) is 2.60. The first-order valence-electron chi connectivity index (χ1n) is 7.95. The van der Waals surface area contributed by atoms with E-state index in [2.05, 4.69) is 20.4 Å². The Morgan fingerprint density at radius 3 is 2.58 bits per heavy atom. The summed E-state index contributed by atoms with van der Waals surface area (Å²) >= 11 is 0. The Balaban J connectivity index is 1.98. The molecule has 3 heterocycles.